The van der Waals surface area contributed by atoms with Crippen molar-refractivity contribution in [2.75, 3.05) is 24.6 Å². The lowest BCUT2D eigenvalue weighted by atomic mass is 10.2. The Morgan fingerprint density at radius 3 is 2.38 bits per heavy atom. The molecule has 0 aliphatic carbocycles. The van der Waals surface area contributed by atoms with Crippen LogP contribution in [-0.2, 0) is 26.5 Å². The minimum absolute atomic E-state index is 0.146. The molecule has 1 N–H and O–H groups in total. The normalized spacial score (nSPS) is 19.6. The summed E-state index contributed by atoms with van der Waals surface area (Å²) in [5.74, 6) is -1.59. The second kappa shape index (κ2) is 5.92. The third-order valence-electron chi connectivity index (χ3n) is 3.17. The van der Waals surface area contributed by atoms with Gasteiger partial charge in [0, 0.05) is 23.1 Å². The number of benzene rings is 1. The third-order valence-corrected chi connectivity index (χ3v) is 7.14. The van der Waals surface area contributed by atoms with Crippen molar-refractivity contribution < 1.29 is 26.3 Å². The van der Waals surface area contributed by atoms with Gasteiger partial charge in [-0.2, -0.15) is 4.31 Å². The van der Waals surface area contributed by atoms with Gasteiger partial charge in [-0.1, -0.05) is 15.9 Å². The lowest BCUT2D eigenvalue weighted by Crippen LogP contribution is -2.43. The number of sulfonamides is 1. The predicted molar refractivity (Wildman–Crippen MR) is 77.4 cm³/mol. The Morgan fingerprint density at radius 1 is 1.29 bits per heavy atom. The SMILES string of the molecule is O=S1(=O)CCN(S(=O)(=O)c2cc(Br)cc(CO)c2F)CC1. The van der Waals surface area contributed by atoms with Crippen molar-refractivity contribution in [3.05, 3.63) is 28.0 Å². The van der Waals surface area contributed by atoms with Gasteiger partial charge in [0.1, 0.15) is 10.7 Å². The molecule has 0 spiro atoms. The summed E-state index contributed by atoms with van der Waals surface area (Å²) in [5, 5.41) is 9.06. The van der Waals surface area contributed by atoms with Gasteiger partial charge in [-0.15, -0.1) is 0 Å². The second-order valence-corrected chi connectivity index (χ2v) is 9.72. The van der Waals surface area contributed by atoms with Crippen molar-refractivity contribution in [1.29, 1.82) is 0 Å². The van der Waals surface area contributed by atoms with Crippen molar-refractivity contribution in [3.63, 3.8) is 0 Å². The van der Waals surface area contributed by atoms with Crippen molar-refractivity contribution in [2.45, 2.75) is 11.5 Å². The maximum Gasteiger partial charge on any atom is 0.246 e. The number of hydrogen-bond acceptors (Lipinski definition) is 5. The smallest absolute Gasteiger partial charge is 0.246 e. The van der Waals surface area contributed by atoms with E-state index < -0.39 is 37.2 Å². The highest BCUT2D eigenvalue weighted by molar-refractivity contribution is 9.10. The summed E-state index contributed by atoms with van der Waals surface area (Å²) in [7, 11) is -7.38. The Morgan fingerprint density at radius 2 is 1.86 bits per heavy atom. The van der Waals surface area contributed by atoms with E-state index >= 15 is 0 Å². The fourth-order valence-corrected chi connectivity index (χ4v) is 5.66. The third kappa shape index (κ3) is 3.45. The zero-order valence-electron chi connectivity index (χ0n) is 10.8. The molecule has 118 valence electrons. The van der Waals surface area contributed by atoms with Crippen molar-refractivity contribution in [3.8, 4) is 0 Å². The molecule has 6 nitrogen and oxygen atoms in total. The molecule has 1 aliphatic heterocycles. The molecule has 1 aliphatic rings. The van der Waals surface area contributed by atoms with Gasteiger partial charge in [-0.3, -0.25) is 0 Å². The van der Waals surface area contributed by atoms with Crippen LogP contribution in [0.4, 0.5) is 4.39 Å². The predicted octanol–water partition coefficient (Wildman–Crippen LogP) is 0.500. The van der Waals surface area contributed by atoms with Gasteiger partial charge in [0.2, 0.25) is 10.0 Å². The largest absolute Gasteiger partial charge is 0.392 e. The van der Waals surface area contributed by atoms with E-state index in [9.17, 15) is 21.2 Å². The van der Waals surface area contributed by atoms with Crippen LogP contribution in [-0.4, -0.2) is 50.8 Å². The summed E-state index contributed by atoms with van der Waals surface area (Å²) in [6.45, 7) is -1.04. The molecule has 0 atom stereocenters. The molecule has 0 unspecified atom stereocenters. The molecule has 0 aromatic heterocycles. The lowest BCUT2D eigenvalue weighted by molar-refractivity contribution is 0.274. The van der Waals surface area contributed by atoms with Crippen molar-refractivity contribution in [2.24, 2.45) is 0 Å². The van der Waals surface area contributed by atoms with Crippen LogP contribution >= 0.6 is 15.9 Å². The first-order valence-corrected chi connectivity index (χ1v) is 10.0. The fourth-order valence-electron chi connectivity index (χ4n) is 2.00. The average Bonchev–Trinajstić information content (AvgIpc) is 2.40. The molecule has 1 aromatic carbocycles. The Kier molecular flexibility index (Phi) is 4.74. The molecule has 1 fully saturated rings. The Bertz CT molecular complexity index is 749. The molecule has 21 heavy (non-hydrogen) atoms. The summed E-state index contributed by atoms with van der Waals surface area (Å²) in [6, 6.07) is 2.39. The van der Waals surface area contributed by atoms with E-state index in [1.165, 1.54) is 6.07 Å². The average molecular weight is 402 g/mol. The van der Waals surface area contributed by atoms with Crippen LogP contribution < -0.4 is 0 Å². The number of aliphatic hydroxyl groups excluding tert-OH is 1. The fraction of sp³-hybridized carbons (Fsp3) is 0.455. The standard InChI is InChI=1S/C11H13BrFNO5S2/c12-9-5-8(7-15)11(13)10(6-9)21(18,19)14-1-3-20(16,17)4-2-14/h5-6,15H,1-4,7H2. The number of aliphatic hydroxyl groups is 1. The molecular weight excluding hydrogens is 389 g/mol. The number of nitrogens with zero attached hydrogens (tertiary/aromatic N) is 1. The van der Waals surface area contributed by atoms with E-state index in [-0.39, 0.29) is 30.2 Å². The van der Waals surface area contributed by atoms with E-state index in [2.05, 4.69) is 15.9 Å². The zero-order chi connectivity index (χ0) is 15.8. The van der Waals surface area contributed by atoms with Gasteiger partial charge in [-0.25, -0.2) is 21.2 Å². The maximum absolute atomic E-state index is 14.2. The first kappa shape index (κ1) is 16.8. The number of rotatable bonds is 3. The number of sulfone groups is 1. The summed E-state index contributed by atoms with van der Waals surface area (Å²) >= 11 is 3.07. The molecule has 0 amide bonds. The number of hydrogen-bond donors (Lipinski definition) is 1. The monoisotopic (exact) mass is 401 g/mol. The minimum atomic E-state index is -4.15. The van der Waals surface area contributed by atoms with Gasteiger partial charge in [0.25, 0.3) is 0 Å². The van der Waals surface area contributed by atoms with Crippen LogP contribution in [0.15, 0.2) is 21.5 Å². The first-order chi connectivity index (χ1) is 9.67. The summed E-state index contributed by atoms with van der Waals surface area (Å²) in [6.07, 6.45) is 0. The zero-order valence-corrected chi connectivity index (χ0v) is 14.0. The van der Waals surface area contributed by atoms with Gasteiger partial charge in [-0.05, 0) is 12.1 Å². The van der Waals surface area contributed by atoms with E-state index in [4.69, 9.17) is 5.11 Å². The van der Waals surface area contributed by atoms with Gasteiger partial charge >= 0.3 is 0 Å². The van der Waals surface area contributed by atoms with Gasteiger partial charge < -0.3 is 5.11 Å². The van der Waals surface area contributed by atoms with Crippen LogP contribution in [0.3, 0.4) is 0 Å². The Hall–Kier alpha value is -0.550. The summed E-state index contributed by atoms with van der Waals surface area (Å²) in [4.78, 5) is -0.569. The molecule has 0 radical (unpaired) electrons. The maximum atomic E-state index is 14.2. The Balaban J connectivity index is 2.43. The van der Waals surface area contributed by atoms with E-state index in [0.717, 1.165) is 10.4 Å². The van der Waals surface area contributed by atoms with Crippen LogP contribution in [0.5, 0.6) is 0 Å². The number of halogens is 2. The molecular formula is C11H13BrFNO5S2. The summed E-state index contributed by atoms with van der Waals surface area (Å²) in [5.41, 5.74) is -0.146. The highest BCUT2D eigenvalue weighted by Crippen LogP contribution is 2.27. The molecule has 10 heteroatoms. The van der Waals surface area contributed by atoms with Gasteiger partial charge in [0.15, 0.2) is 9.84 Å². The second-order valence-electron chi connectivity index (χ2n) is 4.59. The van der Waals surface area contributed by atoms with Crippen molar-refractivity contribution >= 4 is 35.8 Å². The van der Waals surface area contributed by atoms with Gasteiger partial charge in [0.05, 0.1) is 18.1 Å². The van der Waals surface area contributed by atoms with Crippen LogP contribution in [0.2, 0.25) is 0 Å². The highest BCUT2D eigenvalue weighted by atomic mass is 79.9. The molecule has 1 aromatic rings. The minimum Gasteiger partial charge on any atom is -0.392 e. The molecule has 1 heterocycles. The first-order valence-electron chi connectivity index (χ1n) is 5.97. The molecule has 0 saturated carbocycles. The Labute approximate surface area is 130 Å². The van der Waals surface area contributed by atoms with E-state index in [0.29, 0.717) is 4.47 Å². The van der Waals surface area contributed by atoms with Crippen LogP contribution in [0, 0.1) is 5.82 Å². The quantitative estimate of drug-likeness (QED) is 0.795. The van der Waals surface area contributed by atoms with Crippen LogP contribution in [0.25, 0.3) is 0 Å². The lowest BCUT2D eigenvalue weighted by Gasteiger charge is -2.26. The summed E-state index contributed by atoms with van der Waals surface area (Å²) < 4.78 is 63.0. The van der Waals surface area contributed by atoms with E-state index in [1.807, 2.05) is 0 Å². The van der Waals surface area contributed by atoms with Crippen LogP contribution in [0.1, 0.15) is 5.56 Å². The highest BCUT2D eigenvalue weighted by Gasteiger charge is 2.33. The van der Waals surface area contributed by atoms with Crippen molar-refractivity contribution in [1.82, 2.24) is 4.31 Å². The topological polar surface area (TPSA) is 91.8 Å². The van der Waals surface area contributed by atoms with E-state index in [1.54, 1.807) is 0 Å². The molecule has 0 bridgehead atoms. The molecule has 1 saturated heterocycles. The molecule has 2 rings (SSSR count).